The summed E-state index contributed by atoms with van der Waals surface area (Å²) >= 11 is 1.54. The number of thiophene rings is 1. The molecule has 2 heterocycles. The Kier molecular flexibility index (Phi) is 2.90. The van der Waals surface area contributed by atoms with Gasteiger partial charge < -0.3 is 10.1 Å². The molecule has 5 heteroatoms. The van der Waals surface area contributed by atoms with Crippen LogP contribution in [0.15, 0.2) is 11.4 Å². The summed E-state index contributed by atoms with van der Waals surface area (Å²) in [6.45, 7) is 3.65. The van der Waals surface area contributed by atoms with Gasteiger partial charge >= 0.3 is 0 Å². The van der Waals surface area contributed by atoms with E-state index in [1.54, 1.807) is 18.4 Å². The third-order valence-electron chi connectivity index (χ3n) is 2.21. The van der Waals surface area contributed by atoms with E-state index in [4.69, 9.17) is 11.2 Å². The fraction of sp³-hybridized carbons (Fsp3) is 0.333. The summed E-state index contributed by atoms with van der Waals surface area (Å²) in [5.74, 6) is 3.63. The maximum absolute atomic E-state index is 5.74. The minimum absolute atomic E-state index is 0.517. The molecule has 2 rings (SSSR count). The zero-order chi connectivity index (χ0) is 12.5. The number of nitrogens with zero attached hydrogens (tertiary/aromatic N) is 2. The first-order chi connectivity index (χ1) is 8.05. The lowest BCUT2D eigenvalue weighted by Gasteiger charge is -2.19. The molecule has 0 aliphatic heterocycles. The van der Waals surface area contributed by atoms with E-state index in [1.165, 1.54) is 0 Å². The Labute approximate surface area is 104 Å². The average molecular weight is 247 g/mol. The lowest BCUT2D eigenvalue weighted by Crippen LogP contribution is -2.26. The number of ether oxygens (including phenoxy) is 1. The van der Waals surface area contributed by atoms with E-state index in [0.717, 1.165) is 10.2 Å². The van der Waals surface area contributed by atoms with Gasteiger partial charge in [0, 0.05) is 7.05 Å². The fourth-order valence-corrected chi connectivity index (χ4v) is 2.04. The van der Waals surface area contributed by atoms with Crippen LogP contribution in [0, 0.1) is 12.3 Å². The minimum atomic E-state index is -0.686. The lowest BCUT2D eigenvalue weighted by molar-refractivity contribution is 0.167. The number of hydrogen-bond donors (Lipinski definition) is 1. The maximum Gasteiger partial charge on any atom is 0.228 e. The molecule has 0 radical (unpaired) electrons. The summed E-state index contributed by atoms with van der Waals surface area (Å²) in [7, 11) is 1.77. The zero-order valence-electron chi connectivity index (χ0n) is 9.94. The van der Waals surface area contributed by atoms with Gasteiger partial charge in [-0.15, -0.1) is 17.8 Å². The summed E-state index contributed by atoms with van der Waals surface area (Å²) in [5.41, 5.74) is -0.686. The number of anilines is 1. The van der Waals surface area contributed by atoms with Crippen LogP contribution in [-0.2, 0) is 0 Å². The van der Waals surface area contributed by atoms with Crippen molar-refractivity contribution in [2.24, 2.45) is 0 Å². The Balaban J connectivity index is 2.52. The zero-order valence-corrected chi connectivity index (χ0v) is 10.8. The first kappa shape index (κ1) is 11.7. The molecule has 88 valence electrons. The van der Waals surface area contributed by atoms with Crippen molar-refractivity contribution < 1.29 is 4.74 Å². The van der Waals surface area contributed by atoms with Crippen LogP contribution in [-0.4, -0.2) is 22.6 Å². The van der Waals surface area contributed by atoms with E-state index in [1.807, 2.05) is 25.3 Å². The Hall–Kier alpha value is -1.80. The molecule has 2 aromatic heterocycles. The minimum Gasteiger partial charge on any atom is -0.458 e. The Morgan fingerprint density at radius 2 is 2.24 bits per heavy atom. The molecule has 0 bridgehead atoms. The van der Waals surface area contributed by atoms with E-state index in [-0.39, 0.29) is 0 Å². The predicted molar refractivity (Wildman–Crippen MR) is 70.5 cm³/mol. The third-order valence-corrected chi connectivity index (χ3v) is 3.02. The van der Waals surface area contributed by atoms with E-state index < -0.39 is 5.60 Å². The maximum atomic E-state index is 5.74. The van der Waals surface area contributed by atoms with Crippen molar-refractivity contribution in [2.75, 3.05) is 12.4 Å². The lowest BCUT2D eigenvalue weighted by atomic mass is 10.1. The normalized spacial score (nSPS) is 11.2. The Morgan fingerprint density at radius 1 is 1.47 bits per heavy atom. The highest BCUT2D eigenvalue weighted by Crippen LogP contribution is 2.30. The largest absolute Gasteiger partial charge is 0.458 e. The second kappa shape index (κ2) is 4.22. The van der Waals surface area contributed by atoms with Gasteiger partial charge in [0.1, 0.15) is 4.83 Å². The van der Waals surface area contributed by atoms with E-state index in [9.17, 15) is 0 Å². The van der Waals surface area contributed by atoms with E-state index >= 15 is 0 Å². The monoisotopic (exact) mass is 247 g/mol. The van der Waals surface area contributed by atoms with Crippen LogP contribution in [0.1, 0.15) is 13.8 Å². The van der Waals surface area contributed by atoms with Gasteiger partial charge in [0.25, 0.3) is 0 Å². The van der Waals surface area contributed by atoms with Gasteiger partial charge in [-0.05, 0) is 25.3 Å². The van der Waals surface area contributed by atoms with Gasteiger partial charge in [-0.1, -0.05) is 5.92 Å². The standard InChI is InChI=1S/C12H13N3OS/c1-5-12(2,3)16-9-8-6-7-17-10(8)15-11(13-4)14-9/h1,6-7H,2-4H3,(H,13,14,15). The van der Waals surface area contributed by atoms with Gasteiger partial charge in [-0.3, -0.25) is 0 Å². The second-order valence-corrected chi connectivity index (χ2v) is 4.89. The molecule has 0 saturated heterocycles. The van der Waals surface area contributed by atoms with Crippen molar-refractivity contribution in [3.63, 3.8) is 0 Å². The molecule has 0 fully saturated rings. The number of rotatable bonds is 3. The second-order valence-electron chi connectivity index (χ2n) is 4.00. The van der Waals surface area contributed by atoms with Crippen molar-refractivity contribution in [1.29, 1.82) is 0 Å². The smallest absolute Gasteiger partial charge is 0.228 e. The highest BCUT2D eigenvalue weighted by Gasteiger charge is 2.19. The molecule has 0 atom stereocenters. The molecule has 0 aliphatic rings. The number of hydrogen-bond acceptors (Lipinski definition) is 5. The van der Waals surface area contributed by atoms with E-state index in [2.05, 4.69) is 21.2 Å². The summed E-state index contributed by atoms with van der Waals surface area (Å²) in [6.07, 6.45) is 5.41. The van der Waals surface area contributed by atoms with Crippen molar-refractivity contribution >= 4 is 27.5 Å². The van der Waals surface area contributed by atoms with Crippen LogP contribution in [0.25, 0.3) is 10.2 Å². The van der Waals surface area contributed by atoms with Crippen LogP contribution in [0.2, 0.25) is 0 Å². The molecule has 0 unspecified atom stereocenters. The highest BCUT2D eigenvalue weighted by molar-refractivity contribution is 7.16. The van der Waals surface area contributed by atoms with Crippen LogP contribution < -0.4 is 10.1 Å². The predicted octanol–water partition coefficient (Wildman–Crippen LogP) is 2.52. The molecule has 2 aromatic rings. The number of nitrogens with one attached hydrogen (secondary N) is 1. The molecule has 0 aromatic carbocycles. The van der Waals surface area contributed by atoms with Crippen LogP contribution >= 0.6 is 11.3 Å². The molecule has 0 spiro atoms. The molecular formula is C12H13N3OS. The highest BCUT2D eigenvalue weighted by atomic mass is 32.1. The van der Waals surface area contributed by atoms with Gasteiger partial charge in [0.15, 0.2) is 5.60 Å². The van der Waals surface area contributed by atoms with Crippen molar-refractivity contribution in [3.05, 3.63) is 11.4 Å². The Bertz CT molecular complexity index is 583. The third kappa shape index (κ3) is 2.32. The molecule has 0 saturated carbocycles. The summed E-state index contributed by atoms with van der Waals surface area (Å²) in [4.78, 5) is 9.51. The van der Waals surface area contributed by atoms with Gasteiger partial charge in [-0.25, -0.2) is 4.98 Å². The summed E-state index contributed by atoms with van der Waals surface area (Å²) in [6, 6.07) is 1.93. The number of fused-ring (bicyclic) bond motifs is 1. The Morgan fingerprint density at radius 3 is 2.88 bits per heavy atom. The van der Waals surface area contributed by atoms with Crippen LogP contribution in [0.5, 0.6) is 5.88 Å². The van der Waals surface area contributed by atoms with Crippen molar-refractivity contribution in [3.8, 4) is 18.2 Å². The molecule has 4 nitrogen and oxygen atoms in total. The molecule has 17 heavy (non-hydrogen) atoms. The topological polar surface area (TPSA) is 47.0 Å². The van der Waals surface area contributed by atoms with Crippen molar-refractivity contribution in [1.82, 2.24) is 9.97 Å². The number of terminal acetylenes is 1. The van der Waals surface area contributed by atoms with Gasteiger partial charge in [0.05, 0.1) is 5.39 Å². The SMILES string of the molecule is C#CC(C)(C)Oc1nc(NC)nc2sccc12. The first-order valence-electron chi connectivity index (χ1n) is 5.15. The summed E-state index contributed by atoms with van der Waals surface area (Å²) < 4.78 is 5.74. The summed E-state index contributed by atoms with van der Waals surface area (Å²) in [5, 5.41) is 5.75. The average Bonchev–Trinajstić information content (AvgIpc) is 2.76. The number of aromatic nitrogens is 2. The molecule has 0 aliphatic carbocycles. The molecule has 1 N–H and O–H groups in total. The quantitative estimate of drug-likeness (QED) is 0.847. The van der Waals surface area contributed by atoms with E-state index in [0.29, 0.717) is 11.8 Å². The molecule has 0 amide bonds. The first-order valence-corrected chi connectivity index (χ1v) is 6.03. The van der Waals surface area contributed by atoms with Gasteiger partial charge in [-0.2, -0.15) is 4.98 Å². The van der Waals surface area contributed by atoms with Crippen LogP contribution in [0.4, 0.5) is 5.95 Å². The fourth-order valence-electron chi connectivity index (χ4n) is 1.29. The van der Waals surface area contributed by atoms with Gasteiger partial charge in [0.2, 0.25) is 11.8 Å². The van der Waals surface area contributed by atoms with Crippen LogP contribution in [0.3, 0.4) is 0 Å². The van der Waals surface area contributed by atoms with Crippen molar-refractivity contribution in [2.45, 2.75) is 19.4 Å². The molecular weight excluding hydrogens is 234 g/mol.